The van der Waals surface area contributed by atoms with Crippen molar-refractivity contribution in [3.05, 3.63) is 0 Å². The van der Waals surface area contributed by atoms with Gasteiger partial charge in [-0.3, -0.25) is 4.90 Å². The van der Waals surface area contributed by atoms with Crippen LogP contribution in [-0.4, -0.2) is 55.5 Å². The summed E-state index contributed by atoms with van der Waals surface area (Å²) in [6, 6.07) is 0. The highest BCUT2D eigenvalue weighted by atomic mass is 35.5. The smallest absolute Gasteiger partial charge is 0.117 e. The second-order valence-corrected chi connectivity index (χ2v) is 2.86. The van der Waals surface area contributed by atoms with Crippen LogP contribution < -0.4 is 5.32 Å². The van der Waals surface area contributed by atoms with E-state index in [1.165, 1.54) is 0 Å². The molecule has 13 heavy (non-hydrogen) atoms. The summed E-state index contributed by atoms with van der Waals surface area (Å²) in [6.45, 7) is 3.55. The van der Waals surface area contributed by atoms with Gasteiger partial charge in [-0.1, -0.05) is 0 Å². The zero-order valence-electron chi connectivity index (χ0n) is 7.41. The molecule has 1 fully saturated rings. The number of aliphatic hydroxyl groups excluding tert-OH is 1. The van der Waals surface area contributed by atoms with Crippen LogP contribution >= 0.6 is 24.8 Å². The Morgan fingerprint density at radius 2 is 1.85 bits per heavy atom. The van der Waals surface area contributed by atoms with E-state index in [1.54, 1.807) is 0 Å². The molecule has 1 saturated heterocycles. The number of alkyl halides is 1. The molecule has 1 atom stereocenters. The van der Waals surface area contributed by atoms with Gasteiger partial charge in [0.15, 0.2) is 0 Å². The lowest BCUT2D eigenvalue weighted by atomic mass is 10.3. The van der Waals surface area contributed by atoms with E-state index >= 15 is 0 Å². The standard InChI is InChI=1S/C7H15FN2O.2ClH/c8-5-7(11)6-10-3-1-9-2-4-10;;/h7,9,11H,1-6H2;2*1H. The molecule has 0 aromatic carbocycles. The average molecular weight is 235 g/mol. The molecule has 82 valence electrons. The Labute approximate surface area is 90.5 Å². The molecule has 0 spiro atoms. The van der Waals surface area contributed by atoms with Gasteiger partial charge < -0.3 is 10.4 Å². The number of nitrogens with zero attached hydrogens (tertiary/aromatic N) is 1. The zero-order chi connectivity index (χ0) is 8.10. The van der Waals surface area contributed by atoms with Gasteiger partial charge in [0, 0.05) is 32.7 Å². The number of nitrogens with one attached hydrogen (secondary N) is 1. The molecule has 0 aromatic rings. The Hall–Kier alpha value is 0.390. The number of rotatable bonds is 3. The predicted octanol–water partition coefficient (Wildman–Crippen LogP) is 0.0656. The minimum atomic E-state index is -0.798. The first-order chi connectivity index (χ1) is 5.33. The lowest BCUT2D eigenvalue weighted by molar-refractivity contribution is 0.0842. The third-order valence-corrected chi connectivity index (χ3v) is 1.86. The van der Waals surface area contributed by atoms with E-state index in [4.69, 9.17) is 5.11 Å². The molecule has 1 aliphatic heterocycles. The highest BCUT2D eigenvalue weighted by Gasteiger charge is 2.13. The van der Waals surface area contributed by atoms with Crippen LogP contribution in [0.2, 0.25) is 0 Å². The van der Waals surface area contributed by atoms with Crippen molar-refractivity contribution in [2.45, 2.75) is 6.10 Å². The van der Waals surface area contributed by atoms with Crippen LogP contribution in [0.3, 0.4) is 0 Å². The summed E-state index contributed by atoms with van der Waals surface area (Å²) in [4.78, 5) is 2.07. The minimum Gasteiger partial charge on any atom is -0.389 e. The Bertz CT molecular complexity index is 115. The van der Waals surface area contributed by atoms with Crippen LogP contribution in [0.1, 0.15) is 0 Å². The molecule has 0 radical (unpaired) electrons. The maximum absolute atomic E-state index is 11.8. The van der Waals surface area contributed by atoms with Crippen molar-refractivity contribution in [2.75, 3.05) is 39.4 Å². The Morgan fingerprint density at radius 1 is 1.31 bits per heavy atom. The van der Waals surface area contributed by atoms with Crippen LogP contribution in [0.5, 0.6) is 0 Å². The van der Waals surface area contributed by atoms with Crippen LogP contribution in [0.25, 0.3) is 0 Å². The van der Waals surface area contributed by atoms with E-state index in [1.807, 2.05) is 0 Å². The summed E-state index contributed by atoms with van der Waals surface area (Å²) in [5.41, 5.74) is 0. The summed E-state index contributed by atoms with van der Waals surface area (Å²) in [5.74, 6) is 0. The van der Waals surface area contributed by atoms with Gasteiger partial charge in [0.1, 0.15) is 6.67 Å². The normalized spacial score (nSPS) is 19.8. The fourth-order valence-corrected chi connectivity index (χ4v) is 1.24. The summed E-state index contributed by atoms with van der Waals surface area (Å²) >= 11 is 0. The van der Waals surface area contributed by atoms with Crippen LogP contribution in [0.15, 0.2) is 0 Å². The van der Waals surface area contributed by atoms with Gasteiger partial charge in [0.05, 0.1) is 6.10 Å². The van der Waals surface area contributed by atoms with Gasteiger partial charge in [-0.15, -0.1) is 24.8 Å². The molecule has 3 nitrogen and oxygen atoms in total. The van der Waals surface area contributed by atoms with Gasteiger partial charge in [0.25, 0.3) is 0 Å². The number of β-amino-alcohol motifs (C(OH)–C–C–N with tert-alkyl or cyclic N) is 1. The van der Waals surface area contributed by atoms with Gasteiger partial charge in [0.2, 0.25) is 0 Å². The van der Waals surface area contributed by atoms with Crippen molar-refractivity contribution >= 4 is 24.8 Å². The molecular formula is C7H17Cl2FN2O. The fraction of sp³-hybridized carbons (Fsp3) is 1.00. The minimum absolute atomic E-state index is 0. The molecule has 0 aliphatic carbocycles. The third kappa shape index (κ3) is 6.46. The quantitative estimate of drug-likeness (QED) is 0.726. The van der Waals surface area contributed by atoms with Crippen molar-refractivity contribution < 1.29 is 9.50 Å². The Morgan fingerprint density at radius 3 is 2.31 bits per heavy atom. The molecule has 0 amide bonds. The molecule has 1 aliphatic rings. The van der Waals surface area contributed by atoms with Crippen molar-refractivity contribution in [1.82, 2.24) is 10.2 Å². The molecule has 1 unspecified atom stereocenters. The van der Waals surface area contributed by atoms with Gasteiger partial charge in [-0.25, -0.2) is 4.39 Å². The van der Waals surface area contributed by atoms with Crippen molar-refractivity contribution in [1.29, 1.82) is 0 Å². The third-order valence-electron chi connectivity index (χ3n) is 1.86. The number of hydrogen-bond acceptors (Lipinski definition) is 3. The maximum Gasteiger partial charge on any atom is 0.117 e. The largest absolute Gasteiger partial charge is 0.389 e. The van der Waals surface area contributed by atoms with Crippen LogP contribution in [-0.2, 0) is 0 Å². The zero-order valence-corrected chi connectivity index (χ0v) is 9.04. The first-order valence-corrected chi connectivity index (χ1v) is 4.00. The second kappa shape index (κ2) is 8.97. The van der Waals surface area contributed by atoms with Crippen molar-refractivity contribution in [3.8, 4) is 0 Å². The van der Waals surface area contributed by atoms with Gasteiger partial charge >= 0.3 is 0 Å². The molecule has 6 heteroatoms. The second-order valence-electron chi connectivity index (χ2n) is 2.86. The topological polar surface area (TPSA) is 35.5 Å². The molecular weight excluding hydrogens is 218 g/mol. The highest BCUT2D eigenvalue weighted by molar-refractivity contribution is 5.85. The van der Waals surface area contributed by atoms with Crippen molar-refractivity contribution in [2.24, 2.45) is 0 Å². The first-order valence-electron chi connectivity index (χ1n) is 4.00. The highest BCUT2D eigenvalue weighted by Crippen LogP contribution is 1.95. The van der Waals surface area contributed by atoms with Gasteiger partial charge in [-0.2, -0.15) is 0 Å². The van der Waals surface area contributed by atoms with E-state index in [0.717, 1.165) is 26.2 Å². The monoisotopic (exact) mass is 234 g/mol. The van der Waals surface area contributed by atoms with Crippen molar-refractivity contribution in [3.63, 3.8) is 0 Å². The van der Waals surface area contributed by atoms with E-state index in [2.05, 4.69) is 10.2 Å². The van der Waals surface area contributed by atoms with Crippen LogP contribution in [0.4, 0.5) is 4.39 Å². The number of piperazine rings is 1. The fourth-order valence-electron chi connectivity index (χ4n) is 1.24. The summed E-state index contributed by atoms with van der Waals surface area (Å²) in [5, 5.41) is 12.2. The molecule has 0 bridgehead atoms. The summed E-state index contributed by atoms with van der Waals surface area (Å²) < 4.78 is 11.8. The summed E-state index contributed by atoms with van der Waals surface area (Å²) in [7, 11) is 0. The molecule has 0 saturated carbocycles. The molecule has 0 aromatic heterocycles. The first kappa shape index (κ1) is 15.8. The van der Waals surface area contributed by atoms with E-state index in [9.17, 15) is 4.39 Å². The lowest BCUT2D eigenvalue weighted by Crippen LogP contribution is -2.46. The number of aliphatic hydroxyl groups is 1. The van der Waals surface area contributed by atoms with Gasteiger partial charge in [-0.05, 0) is 0 Å². The number of halogens is 3. The Balaban J connectivity index is 0. The molecule has 1 heterocycles. The van der Waals surface area contributed by atoms with Crippen LogP contribution in [0, 0.1) is 0 Å². The Kier molecular flexibility index (Phi) is 10.9. The molecule has 2 N–H and O–H groups in total. The SMILES string of the molecule is Cl.Cl.OC(CF)CN1CCNCC1. The van der Waals surface area contributed by atoms with E-state index in [0.29, 0.717) is 6.54 Å². The maximum atomic E-state index is 11.8. The number of hydrogen-bond donors (Lipinski definition) is 2. The summed E-state index contributed by atoms with van der Waals surface area (Å²) in [6.07, 6.45) is -0.798. The van der Waals surface area contributed by atoms with E-state index in [-0.39, 0.29) is 24.8 Å². The molecule has 1 rings (SSSR count). The lowest BCUT2D eigenvalue weighted by Gasteiger charge is -2.28. The van der Waals surface area contributed by atoms with E-state index < -0.39 is 12.8 Å². The predicted molar refractivity (Wildman–Crippen MR) is 55.8 cm³/mol. The average Bonchev–Trinajstić information content (AvgIpc) is 2.06.